The van der Waals surface area contributed by atoms with Crippen LogP contribution in [-0.2, 0) is 0 Å². The maximum absolute atomic E-state index is 4.08. The molecular weight excluding hydrogens is 226 g/mol. The summed E-state index contributed by atoms with van der Waals surface area (Å²) in [5.74, 6) is 0. The van der Waals surface area contributed by atoms with Crippen LogP contribution >= 0.6 is 0 Å². The third-order valence-corrected chi connectivity index (χ3v) is 4.45. The SMILES string of the molecule is CC(C)N1CCC(N2CC(n3ccnn3)C2)CC1. The van der Waals surface area contributed by atoms with Crippen LogP contribution in [0, 0.1) is 0 Å². The van der Waals surface area contributed by atoms with Gasteiger partial charge in [-0.25, -0.2) is 4.68 Å². The number of piperidine rings is 1. The second-order valence-electron chi connectivity index (χ2n) is 5.85. The highest BCUT2D eigenvalue weighted by Crippen LogP contribution is 2.27. The Morgan fingerprint density at radius 3 is 2.39 bits per heavy atom. The first kappa shape index (κ1) is 12.1. The monoisotopic (exact) mass is 249 g/mol. The minimum Gasteiger partial charge on any atom is -0.301 e. The summed E-state index contributed by atoms with van der Waals surface area (Å²) < 4.78 is 2.00. The summed E-state index contributed by atoms with van der Waals surface area (Å²) in [5, 5.41) is 7.96. The van der Waals surface area contributed by atoms with E-state index in [1.54, 1.807) is 6.20 Å². The molecule has 0 bridgehead atoms. The molecule has 5 heteroatoms. The highest BCUT2D eigenvalue weighted by molar-refractivity contribution is 4.92. The molecule has 0 amide bonds. The molecule has 0 unspecified atom stereocenters. The second kappa shape index (κ2) is 4.97. The fraction of sp³-hybridized carbons (Fsp3) is 0.846. The van der Waals surface area contributed by atoms with Crippen molar-refractivity contribution in [1.82, 2.24) is 24.8 Å². The van der Waals surface area contributed by atoms with E-state index in [-0.39, 0.29) is 0 Å². The fourth-order valence-electron chi connectivity index (χ4n) is 3.13. The zero-order valence-electron chi connectivity index (χ0n) is 11.4. The van der Waals surface area contributed by atoms with E-state index in [1.807, 2.05) is 10.9 Å². The first-order valence-electron chi connectivity index (χ1n) is 7.08. The Bertz CT molecular complexity index is 361. The lowest BCUT2D eigenvalue weighted by Crippen LogP contribution is -2.56. The van der Waals surface area contributed by atoms with Gasteiger partial charge in [-0.05, 0) is 39.8 Å². The van der Waals surface area contributed by atoms with Crippen LogP contribution in [0.1, 0.15) is 32.7 Å². The number of hydrogen-bond acceptors (Lipinski definition) is 4. The molecule has 0 aliphatic carbocycles. The molecule has 2 saturated heterocycles. The number of likely N-dealkylation sites (tertiary alicyclic amines) is 2. The number of nitrogens with zero attached hydrogens (tertiary/aromatic N) is 5. The smallest absolute Gasteiger partial charge is 0.0790 e. The molecule has 1 aromatic rings. The van der Waals surface area contributed by atoms with Gasteiger partial charge in [0.1, 0.15) is 0 Å². The average molecular weight is 249 g/mol. The van der Waals surface area contributed by atoms with Gasteiger partial charge in [0.15, 0.2) is 0 Å². The van der Waals surface area contributed by atoms with Crippen molar-refractivity contribution in [3.05, 3.63) is 12.4 Å². The van der Waals surface area contributed by atoms with Crippen molar-refractivity contribution in [2.24, 2.45) is 0 Å². The van der Waals surface area contributed by atoms with E-state index in [4.69, 9.17) is 0 Å². The van der Waals surface area contributed by atoms with E-state index >= 15 is 0 Å². The second-order valence-corrected chi connectivity index (χ2v) is 5.85. The lowest BCUT2D eigenvalue weighted by molar-refractivity contribution is 0.0147. The van der Waals surface area contributed by atoms with Crippen LogP contribution < -0.4 is 0 Å². The molecule has 0 saturated carbocycles. The van der Waals surface area contributed by atoms with Crippen LogP contribution in [0.25, 0.3) is 0 Å². The predicted octanol–water partition coefficient (Wildman–Crippen LogP) is 1.01. The van der Waals surface area contributed by atoms with E-state index in [0.29, 0.717) is 12.1 Å². The molecule has 0 atom stereocenters. The Labute approximate surface area is 109 Å². The Balaban J connectivity index is 1.46. The maximum Gasteiger partial charge on any atom is 0.0790 e. The van der Waals surface area contributed by atoms with Crippen molar-refractivity contribution in [2.45, 2.75) is 44.8 Å². The number of hydrogen-bond donors (Lipinski definition) is 0. The summed E-state index contributed by atoms with van der Waals surface area (Å²) in [6.07, 6.45) is 6.39. The predicted molar refractivity (Wildman–Crippen MR) is 70.4 cm³/mol. The van der Waals surface area contributed by atoms with E-state index in [1.165, 1.54) is 25.9 Å². The van der Waals surface area contributed by atoms with Gasteiger partial charge in [0.05, 0.1) is 12.2 Å². The van der Waals surface area contributed by atoms with E-state index in [9.17, 15) is 0 Å². The third-order valence-electron chi connectivity index (χ3n) is 4.45. The van der Waals surface area contributed by atoms with Gasteiger partial charge in [-0.1, -0.05) is 5.21 Å². The minimum atomic E-state index is 0.552. The van der Waals surface area contributed by atoms with E-state index < -0.39 is 0 Å². The van der Waals surface area contributed by atoms with Gasteiger partial charge in [0, 0.05) is 31.4 Å². The standard InChI is InChI=1S/C13H23N5/c1-11(2)16-6-3-12(4-7-16)17-9-13(10-17)18-8-5-14-15-18/h5,8,11-13H,3-4,6-7,9-10H2,1-2H3. The van der Waals surface area contributed by atoms with Crippen LogP contribution in [-0.4, -0.2) is 63.1 Å². The lowest BCUT2D eigenvalue weighted by atomic mass is 9.97. The third kappa shape index (κ3) is 2.29. The molecule has 100 valence electrons. The molecular formula is C13H23N5. The van der Waals surface area contributed by atoms with Crippen LogP contribution in [0.15, 0.2) is 12.4 Å². The minimum absolute atomic E-state index is 0.552. The normalized spacial score (nSPS) is 24.6. The van der Waals surface area contributed by atoms with Crippen molar-refractivity contribution < 1.29 is 0 Å². The highest BCUT2D eigenvalue weighted by atomic mass is 15.5. The van der Waals surface area contributed by atoms with Crippen LogP contribution in [0.5, 0.6) is 0 Å². The van der Waals surface area contributed by atoms with Gasteiger partial charge in [0.2, 0.25) is 0 Å². The molecule has 0 radical (unpaired) electrons. The van der Waals surface area contributed by atoms with Crippen molar-refractivity contribution in [1.29, 1.82) is 0 Å². The van der Waals surface area contributed by atoms with Gasteiger partial charge in [-0.2, -0.15) is 0 Å². The summed E-state index contributed by atoms with van der Waals surface area (Å²) in [5.41, 5.74) is 0. The van der Waals surface area contributed by atoms with Gasteiger partial charge >= 0.3 is 0 Å². The van der Waals surface area contributed by atoms with Crippen molar-refractivity contribution in [2.75, 3.05) is 26.2 Å². The van der Waals surface area contributed by atoms with Crippen molar-refractivity contribution in [3.8, 4) is 0 Å². The number of aromatic nitrogens is 3. The Hall–Kier alpha value is -0.940. The van der Waals surface area contributed by atoms with E-state index in [0.717, 1.165) is 19.1 Å². The molecule has 2 fully saturated rings. The Morgan fingerprint density at radius 2 is 1.83 bits per heavy atom. The largest absolute Gasteiger partial charge is 0.301 e. The molecule has 2 aliphatic heterocycles. The first-order valence-corrected chi connectivity index (χ1v) is 7.08. The zero-order valence-corrected chi connectivity index (χ0v) is 11.4. The first-order chi connectivity index (χ1) is 8.74. The highest BCUT2D eigenvalue weighted by Gasteiger charge is 2.35. The van der Waals surface area contributed by atoms with Crippen molar-refractivity contribution in [3.63, 3.8) is 0 Å². The summed E-state index contributed by atoms with van der Waals surface area (Å²) >= 11 is 0. The molecule has 0 aromatic carbocycles. The van der Waals surface area contributed by atoms with Gasteiger partial charge in [-0.15, -0.1) is 5.10 Å². The molecule has 3 heterocycles. The van der Waals surface area contributed by atoms with E-state index in [2.05, 4.69) is 34.0 Å². The molecule has 3 rings (SSSR count). The Kier molecular flexibility index (Phi) is 3.35. The molecule has 2 aliphatic rings. The molecule has 18 heavy (non-hydrogen) atoms. The summed E-state index contributed by atoms with van der Waals surface area (Å²) in [6, 6.07) is 2.04. The average Bonchev–Trinajstić information content (AvgIpc) is 2.81. The fourth-order valence-corrected chi connectivity index (χ4v) is 3.13. The van der Waals surface area contributed by atoms with Gasteiger partial charge in [-0.3, -0.25) is 4.90 Å². The molecule has 1 aromatic heterocycles. The maximum atomic E-state index is 4.08. The zero-order chi connectivity index (χ0) is 12.5. The summed E-state index contributed by atoms with van der Waals surface area (Å²) in [7, 11) is 0. The lowest BCUT2D eigenvalue weighted by Gasteiger charge is -2.47. The van der Waals surface area contributed by atoms with Gasteiger partial charge in [0.25, 0.3) is 0 Å². The molecule has 0 spiro atoms. The van der Waals surface area contributed by atoms with Crippen LogP contribution in [0.3, 0.4) is 0 Å². The quantitative estimate of drug-likeness (QED) is 0.801. The number of rotatable bonds is 3. The summed E-state index contributed by atoms with van der Waals surface area (Å²) in [4.78, 5) is 5.20. The topological polar surface area (TPSA) is 37.2 Å². The van der Waals surface area contributed by atoms with Crippen molar-refractivity contribution >= 4 is 0 Å². The summed E-state index contributed by atoms with van der Waals surface area (Å²) in [6.45, 7) is 9.40. The van der Waals surface area contributed by atoms with Gasteiger partial charge < -0.3 is 4.90 Å². The molecule has 0 N–H and O–H groups in total. The molecule has 5 nitrogen and oxygen atoms in total. The van der Waals surface area contributed by atoms with Crippen LogP contribution in [0.2, 0.25) is 0 Å². The Morgan fingerprint density at radius 1 is 1.11 bits per heavy atom. The van der Waals surface area contributed by atoms with Crippen LogP contribution in [0.4, 0.5) is 0 Å².